The van der Waals surface area contributed by atoms with Crippen LogP contribution < -0.4 is 5.32 Å². The molecule has 0 aromatic heterocycles. The Bertz CT molecular complexity index is 608. The number of nitrogens with one attached hydrogen (secondary N) is 1. The van der Waals surface area contributed by atoms with E-state index in [0.717, 1.165) is 12.1 Å². The third-order valence-corrected chi connectivity index (χ3v) is 3.08. The maximum Gasteiger partial charge on any atom is 0.432 e. The highest BCUT2D eigenvalue weighted by molar-refractivity contribution is 5.59. The van der Waals surface area contributed by atoms with Crippen LogP contribution in [-0.4, -0.2) is 12.6 Å². The van der Waals surface area contributed by atoms with E-state index in [0.29, 0.717) is 23.5 Å². The molecule has 0 fully saturated rings. The summed E-state index contributed by atoms with van der Waals surface area (Å²) in [6.07, 6.45) is -9.91. The van der Waals surface area contributed by atoms with Crippen LogP contribution in [0.3, 0.4) is 0 Å². The van der Waals surface area contributed by atoms with Gasteiger partial charge in [0, 0.05) is 16.9 Å². The normalized spacial score (nSPS) is 14.7. The number of para-hydroxylation sites is 1. The Morgan fingerprint density at radius 1 is 0.727 bits per heavy atom. The van der Waals surface area contributed by atoms with Crippen LogP contribution in [0.25, 0.3) is 0 Å². The van der Waals surface area contributed by atoms with E-state index in [1.165, 1.54) is 0 Å². The lowest BCUT2D eigenvalue weighted by Gasteiger charge is -2.27. The lowest BCUT2D eigenvalue weighted by Crippen LogP contribution is -2.44. The largest absolute Gasteiger partial charge is 0.432 e. The summed E-state index contributed by atoms with van der Waals surface area (Å²) in [5.41, 5.74) is -4.80. The molecule has 0 amide bonds. The van der Waals surface area contributed by atoms with Crippen LogP contribution in [0, 0.1) is 0 Å². The van der Waals surface area contributed by atoms with Gasteiger partial charge >= 0.3 is 6.18 Å². The van der Waals surface area contributed by atoms with Crippen molar-refractivity contribution in [3.8, 4) is 0 Å². The highest BCUT2D eigenvalue weighted by Gasteiger charge is 2.63. The molecule has 0 radical (unpaired) electrons. The van der Waals surface area contributed by atoms with Crippen molar-refractivity contribution in [2.24, 2.45) is 0 Å². The third-order valence-electron chi connectivity index (χ3n) is 3.08. The van der Waals surface area contributed by atoms with Crippen molar-refractivity contribution in [3.05, 3.63) is 60.2 Å². The lowest BCUT2D eigenvalue weighted by molar-refractivity contribution is -0.274. The Kier molecular flexibility index (Phi) is 4.35. The molecular formula is C15H11F6N. The third kappa shape index (κ3) is 3.03. The van der Waals surface area contributed by atoms with Gasteiger partial charge in [0.05, 0.1) is 0 Å². The summed E-state index contributed by atoms with van der Waals surface area (Å²) in [5.74, 6) is 0. The fraction of sp³-hybridized carbons (Fsp3) is 0.200. The van der Waals surface area contributed by atoms with Crippen molar-refractivity contribution >= 4 is 11.4 Å². The Labute approximate surface area is 122 Å². The predicted octanol–water partition coefficient (Wildman–Crippen LogP) is 5.42. The van der Waals surface area contributed by atoms with Crippen LogP contribution in [0.4, 0.5) is 37.7 Å². The van der Waals surface area contributed by atoms with Crippen LogP contribution in [0.2, 0.25) is 0 Å². The number of hydrogen-bond donors (Lipinski definition) is 1. The van der Waals surface area contributed by atoms with Crippen molar-refractivity contribution < 1.29 is 26.3 Å². The second kappa shape index (κ2) is 5.90. The fourth-order valence-corrected chi connectivity index (χ4v) is 1.90. The smallest absolute Gasteiger partial charge is 0.356 e. The fourth-order valence-electron chi connectivity index (χ4n) is 1.90. The molecule has 118 valence electrons. The molecule has 1 atom stereocenters. The van der Waals surface area contributed by atoms with Crippen LogP contribution in [-0.2, 0) is 5.67 Å². The molecule has 1 unspecified atom stereocenters. The second-order valence-electron chi connectivity index (χ2n) is 4.58. The molecule has 2 aromatic rings. The van der Waals surface area contributed by atoms with E-state index in [9.17, 15) is 26.3 Å². The molecule has 1 nitrogen and oxygen atoms in total. The van der Waals surface area contributed by atoms with E-state index < -0.39 is 23.8 Å². The number of hydrogen-bond acceptors (Lipinski definition) is 1. The average Bonchev–Trinajstić information content (AvgIpc) is 2.47. The molecule has 2 rings (SSSR count). The van der Waals surface area contributed by atoms with Crippen molar-refractivity contribution in [2.75, 3.05) is 5.32 Å². The summed E-state index contributed by atoms with van der Waals surface area (Å²) in [6.45, 7) is 0. The zero-order valence-electron chi connectivity index (χ0n) is 11.0. The van der Waals surface area contributed by atoms with E-state index in [1.54, 1.807) is 30.3 Å². The average molecular weight is 319 g/mol. The van der Waals surface area contributed by atoms with Gasteiger partial charge in [0.25, 0.3) is 12.1 Å². The van der Waals surface area contributed by atoms with E-state index in [1.807, 2.05) is 0 Å². The van der Waals surface area contributed by atoms with Crippen LogP contribution >= 0.6 is 0 Å². The maximum atomic E-state index is 13.8. The van der Waals surface area contributed by atoms with E-state index in [4.69, 9.17) is 0 Å². The Balaban J connectivity index is 2.28. The number of rotatable bonds is 4. The SMILES string of the molecule is FC(F)C(F)(c1ccc(Nc2ccccc2)cc1)C(F)(F)F. The molecule has 0 aliphatic rings. The molecule has 0 heterocycles. The lowest BCUT2D eigenvalue weighted by atomic mass is 9.95. The molecule has 1 N–H and O–H groups in total. The zero-order chi connectivity index (χ0) is 16.4. The summed E-state index contributed by atoms with van der Waals surface area (Å²) < 4.78 is 76.9. The summed E-state index contributed by atoms with van der Waals surface area (Å²) in [6, 6.07) is 12.3. The van der Waals surface area contributed by atoms with Gasteiger partial charge in [-0.2, -0.15) is 13.2 Å². The summed E-state index contributed by atoms with van der Waals surface area (Å²) in [4.78, 5) is 0. The molecule has 22 heavy (non-hydrogen) atoms. The molecule has 0 saturated carbocycles. The van der Waals surface area contributed by atoms with E-state index in [-0.39, 0.29) is 0 Å². The summed E-state index contributed by atoms with van der Waals surface area (Å²) in [5, 5.41) is 2.86. The molecule has 0 aliphatic heterocycles. The molecule has 0 saturated heterocycles. The molecule has 0 aliphatic carbocycles. The number of benzene rings is 2. The van der Waals surface area contributed by atoms with Gasteiger partial charge in [-0.15, -0.1) is 0 Å². The molecular weight excluding hydrogens is 308 g/mol. The topological polar surface area (TPSA) is 12.0 Å². The van der Waals surface area contributed by atoms with Gasteiger partial charge in [0.15, 0.2) is 0 Å². The molecule has 0 bridgehead atoms. The minimum absolute atomic E-state index is 0.355. The van der Waals surface area contributed by atoms with Crippen molar-refractivity contribution in [1.82, 2.24) is 0 Å². The van der Waals surface area contributed by atoms with E-state index in [2.05, 4.69) is 5.32 Å². The minimum atomic E-state index is -5.70. The predicted molar refractivity (Wildman–Crippen MR) is 71.0 cm³/mol. The summed E-state index contributed by atoms with van der Waals surface area (Å²) in [7, 11) is 0. The number of alkyl halides is 6. The Morgan fingerprint density at radius 3 is 1.68 bits per heavy atom. The van der Waals surface area contributed by atoms with Crippen molar-refractivity contribution in [2.45, 2.75) is 18.3 Å². The first-order valence-electron chi connectivity index (χ1n) is 6.21. The minimum Gasteiger partial charge on any atom is -0.356 e. The monoisotopic (exact) mass is 319 g/mol. The maximum absolute atomic E-state index is 13.8. The first kappa shape index (κ1) is 16.2. The second-order valence-corrected chi connectivity index (χ2v) is 4.58. The first-order chi connectivity index (χ1) is 10.2. The van der Waals surface area contributed by atoms with Gasteiger partial charge < -0.3 is 5.32 Å². The molecule has 2 aromatic carbocycles. The Hall–Kier alpha value is -2.18. The van der Waals surface area contributed by atoms with Gasteiger partial charge in [0.2, 0.25) is 0 Å². The molecule has 0 spiro atoms. The highest BCUT2D eigenvalue weighted by Crippen LogP contribution is 2.47. The summed E-state index contributed by atoms with van der Waals surface area (Å²) >= 11 is 0. The molecule has 7 heteroatoms. The van der Waals surface area contributed by atoms with Crippen LogP contribution in [0.1, 0.15) is 5.56 Å². The van der Waals surface area contributed by atoms with Crippen LogP contribution in [0.15, 0.2) is 54.6 Å². The highest BCUT2D eigenvalue weighted by atomic mass is 19.4. The van der Waals surface area contributed by atoms with Crippen molar-refractivity contribution in [1.29, 1.82) is 0 Å². The van der Waals surface area contributed by atoms with E-state index >= 15 is 0 Å². The number of anilines is 2. The zero-order valence-corrected chi connectivity index (χ0v) is 11.0. The van der Waals surface area contributed by atoms with Crippen molar-refractivity contribution in [3.63, 3.8) is 0 Å². The quantitative estimate of drug-likeness (QED) is 0.742. The standard InChI is InChI=1S/C15H11F6N/c16-13(17)14(18,15(19,20)21)10-6-8-12(9-7-10)22-11-4-2-1-3-5-11/h1-9,13,22H. The Morgan fingerprint density at radius 2 is 1.23 bits per heavy atom. The van der Waals surface area contributed by atoms with Gasteiger partial charge in [-0.3, -0.25) is 0 Å². The van der Waals surface area contributed by atoms with Gasteiger partial charge in [-0.1, -0.05) is 30.3 Å². The van der Waals surface area contributed by atoms with Gasteiger partial charge in [-0.05, 0) is 24.3 Å². The number of halogens is 6. The van der Waals surface area contributed by atoms with Gasteiger partial charge in [-0.25, -0.2) is 13.2 Å². The van der Waals surface area contributed by atoms with Crippen LogP contribution in [0.5, 0.6) is 0 Å². The van der Waals surface area contributed by atoms with Gasteiger partial charge in [0.1, 0.15) is 0 Å². The first-order valence-corrected chi connectivity index (χ1v) is 6.21.